The normalized spacial score (nSPS) is 15.6. The molecule has 4 heteroatoms. The molecule has 106 valence electrons. The Hall–Kier alpha value is -1.84. The van der Waals surface area contributed by atoms with Gasteiger partial charge in [0.05, 0.1) is 11.9 Å². The van der Waals surface area contributed by atoms with Crippen molar-refractivity contribution in [3.63, 3.8) is 0 Å². The molecule has 0 aliphatic heterocycles. The van der Waals surface area contributed by atoms with Gasteiger partial charge in [-0.3, -0.25) is 9.89 Å². The quantitative estimate of drug-likeness (QED) is 0.872. The standard InChI is InChI=1S/C16H20N2O2/c1-16(2,3)20-13(19)9-11-5-4-6-12-14(11)15(18-17-12)10-7-8-10/h4-6,10H,7-9H2,1-3H3,(H,17,18). The van der Waals surface area contributed by atoms with Crippen LogP contribution in [-0.4, -0.2) is 21.8 Å². The molecule has 4 nitrogen and oxygen atoms in total. The SMILES string of the molecule is CC(C)(C)OC(=O)Cc1cccc2n[nH]c(C3CC3)c12. The minimum absolute atomic E-state index is 0.187. The minimum Gasteiger partial charge on any atom is -0.460 e. The molecule has 1 saturated carbocycles. The maximum absolute atomic E-state index is 12.0. The number of benzene rings is 1. The Morgan fingerprint density at radius 2 is 2.15 bits per heavy atom. The Bertz CT molecular complexity index is 648. The van der Waals surface area contributed by atoms with E-state index in [9.17, 15) is 4.79 Å². The van der Waals surface area contributed by atoms with Crippen molar-refractivity contribution < 1.29 is 9.53 Å². The number of ether oxygens (including phenoxy) is 1. The van der Waals surface area contributed by atoms with Crippen LogP contribution < -0.4 is 0 Å². The van der Waals surface area contributed by atoms with Crippen molar-refractivity contribution in [3.05, 3.63) is 29.5 Å². The van der Waals surface area contributed by atoms with Gasteiger partial charge in [-0.1, -0.05) is 12.1 Å². The second-order valence-corrected chi connectivity index (χ2v) is 6.49. The summed E-state index contributed by atoms with van der Waals surface area (Å²) in [7, 11) is 0. The van der Waals surface area contributed by atoms with E-state index in [4.69, 9.17) is 4.74 Å². The van der Waals surface area contributed by atoms with Gasteiger partial charge in [-0.2, -0.15) is 5.10 Å². The summed E-state index contributed by atoms with van der Waals surface area (Å²) in [4.78, 5) is 12.0. The summed E-state index contributed by atoms with van der Waals surface area (Å²) < 4.78 is 5.41. The van der Waals surface area contributed by atoms with Crippen LogP contribution >= 0.6 is 0 Å². The molecule has 0 spiro atoms. The summed E-state index contributed by atoms with van der Waals surface area (Å²) in [6.07, 6.45) is 2.71. The molecule has 1 heterocycles. The van der Waals surface area contributed by atoms with Gasteiger partial charge in [-0.05, 0) is 45.2 Å². The van der Waals surface area contributed by atoms with Crippen molar-refractivity contribution in [3.8, 4) is 0 Å². The molecule has 0 amide bonds. The Labute approximate surface area is 118 Å². The number of fused-ring (bicyclic) bond motifs is 1. The van der Waals surface area contributed by atoms with Crippen LogP contribution in [0.3, 0.4) is 0 Å². The number of hydrogen-bond donors (Lipinski definition) is 1. The Balaban J connectivity index is 1.91. The first-order valence-electron chi connectivity index (χ1n) is 7.12. The summed E-state index contributed by atoms with van der Waals surface area (Å²) in [5.74, 6) is 0.396. The minimum atomic E-state index is -0.444. The number of aromatic nitrogens is 2. The van der Waals surface area contributed by atoms with Gasteiger partial charge in [0.15, 0.2) is 0 Å². The third-order valence-corrected chi connectivity index (χ3v) is 3.44. The first-order valence-corrected chi connectivity index (χ1v) is 7.12. The molecule has 1 aromatic carbocycles. The topological polar surface area (TPSA) is 55.0 Å². The molecule has 2 aromatic rings. The largest absolute Gasteiger partial charge is 0.460 e. The zero-order valence-electron chi connectivity index (χ0n) is 12.2. The predicted octanol–water partition coefficient (Wildman–Crippen LogP) is 3.32. The zero-order valence-corrected chi connectivity index (χ0v) is 12.2. The number of nitrogens with one attached hydrogen (secondary N) is 1. The lowest BCUT2D eigenvalue weighted by Gasteiger charge is -2.19. The van der Waals surface area contributed by atoms with E-state index in [1.807, 2.05) is 39.0 Å². The predicted molar refractivity (Wildman–Crippen MR) is 77.6 cm³/mol. The lowest BCUT2D eigenvalue weighted by Crippen LogP contribution is -2.25. The number of esters is 1. The molecule has 1 N–H and O–H groups in total. The summed E-state index contributed by atoms with van der Waals surface area (Å²) in [6, 6.07) is 5.92. The van der Waals surface area contributed by atoms with Crippen LogP contribution in [0.2, 0.25) is 0 Å². The smallest absolute Gasteiger partial charge is 0.310 e. The number of carbonyl (C=O) groups is 1. The van der Waals surface area contributed by atoms with Gasteiger partial charge in [0.2, 0.25) is 0 Å². The molecule has 0 radical (unpaired) electrons. The van der Waals surface area contributed by atoms with Crippen LogP contribution in [0.4, 0.5) is 0 Å². The van der Waals surface area contributed by atoms with Crippen molar-refractivity contribution in [2.45, 2.75) is 51.6 Å². The fraction of sp³-hybridized carbons (Fsp3) is 0.500. The average molecular weight is 272 g/mol. The molecule has 0 saturated heterocycles. The molecular formula is C16H20N2O2. The fourth-order valence-electron chi connectivity index (χ4n) is 2.51. The van der Waals surface area contributed by atoms with Gasteiger partial charge >= 0.3 is 5.97 Å². The Morgan fingerprint density at radius 1 is 1.40 bits per heavy atom. The first-order chi connectivity index (χ1) is 9.44. The van der Waals surface area contributed by atoms with Crippen LogP contribution in [0.25, 0.3) is 10.9 Å². The van der Waals surface area contributed by atoms with Gasteiger partial charge in [-0.25, -0.2) is 0 Å². The lowest BCUT2D eigenvalue weighted by molar-refractivity contribution is -0.153. The average Bonchev–Trinajstić information content (AvgIpc) is 3.07. The van der Waals surface area contributed by atoms with Gasteiger partial charge in [0.25, 0.3) is 0 Å². The third kappa shape index (κ3) is 2.69. The molecule has 3 rings (SSSR count). The highest BCUT2D eigenvalue weighted by Gasteiger charge is 2.28. The number of carbonyl (C=O) groups excluding carboxylic acids is 1. The highest BCUT2D eigenvalue weighted by molar-refractivity contribution is 5.89. The molecular weight excluding hydrogens is 252 g/mol. The van der Waals surface area contributed by atoms with E-state index in [0.29, 0.717) is 12.3 Å². The number of H-pyrrole nitrogens is 1. The molecule has 1 aliphatic carbocycles. The molecule has 0 unspecified atom stereocenters. The fourth-order valence-corrected chi connectivity index (χ4v) is 2.51. The third-order valence-electron chi connectivity index (χ3n) is 3.44. The molecule has 0 bridgehead atoms. The summed E-state index contributed by atoms with van der Waals surface area (Å²) >= 11 is 0. The number of rotatable bonds is 3. The van der Waals surface area contributed by atoms with E-state index in [-0.39, 0.29) is 5.97 Å². The van der Waals surface area contributed by atoms with Crippen molar-refractivity contribution in [1.29, 1.82) is 0 Å². The summed E-state index contributed by atoms with van der Waals surface area (Å²) in [6.45, 7) is 5.66. The van der Waals surface area contributed by atoms with Gasteiger partial charge in [0, 0.05) is 17.0 Å². The van der Waals surface area contributed by atoms with Crippen LogP contribution in [0.15, 0.2) is 18.2 Å². The molecule has 1 aliphatic rings. The van der Waals surface area contributed by atoms with Crippen molar-refractivity contribution in [2.75, 3.05) is 0 Å². The number of aromatic amines is 1. The highest BCUT2D eigenvalue weighted by Crippen LogP contribution is 2.42. The van der Waals surface area contributed by atoms with Crippen LogP contribution in [0.5, 0.6) is 0 Å². The van der Waals surface area contributed by atoms with Crippen molar-refractivity contribution in [2.24, 2.45) is 0 Å². The lowest BCUT2D eigenvalue weighted by atomic mass is 10.0. The highest BCUT2D eigenvalue weighted by atomic mass is 16.6. The molecule has 1 aromatic heterocycles. The van der Waals surface area contributed by atoms with Crippen LogP contribution in [-0.2, 0) is 16.0 Å². The van der Waals surface area contributed by atoms with E-state index in [0.717, 1.165) is 16.5 Å². The number of nitrogens with zero attached hydrogens (tertiary/aromatic N) is 1. The molecule has 20 heavy (non-hydrogen) atoms. The Kier molecular flexibility index (Phi) is 3.04. The molecule has 1 fully saturated rings. The molecule has 0 atom stereocenters. The maximum atomic E-state index is 12.0. The number of hydrogen-bond acceptors (Lipinski definition) is 3. The van der Waals surface area contributed by atoms with E-state index < -0.39 is 5.60 Å². The van der Waals surface area contributed by atoms with E-state index in [1.54, 1.807) is 0 Å². The van der Waals surface area contributed by atoms with Crippen LogP contribution in [0, 0.1) is 0 Å². The maximum Gasteiger partial charge on any atom is 0.310 e. The zero-order chi connectivity index (χ0) is 14.3. The first kappa shape index (κ1) is 13.2. The van der Waals surface area contributed by atoms with Crippen LogP contribution in [0.1, 0.15) is 50.8 Å². The van der Waals surface area contributed by atoms with Gasteiger partial charge < -0.3 is 4.74 Å². The van der Waals surface area contributed by atoms with E-state index in [2.05, 4.69) is 10.2 Å². The van der Waals surface area contributed by atoms with Crippen molar-refractivity contribution in [1.82, 2.24) is 10.2 Å². The Morgan fingerprint density at radius 3 is 2.80 bits per heavy atom. The van der Waals surface area contributed by atoms with Crippen molar-refractivity contribution >= 4 is 16.9 Å². The summed E-state index contributed by atoms with van der Waals surface area (Å²) in [5, 5.41) is 8.59. The monoisotopic (exact) mass is 272 g/mol. The second kappa shape index (κ2) is 4.62. The van der Waals surface area contributed by atoms with E-state index in [1.165, 1.54) is 18.5 Å². The second-order valence-electron chi connectivity index (χ2n) is 6.49. The van der Waals surface area contributed by atoms with Gasteiger partial charge in [0.1, 0.15) is 5.60 Å². The van der Waals surface area contributed by atoms with E-state index >= 15 is 0 Å². The van der Waals surface area contributed by atoms with Gasteiger partial charge in [-0.15, -0.1) is 0 Å². The summed E-state index contributed by atoms with van der Waals surface area (Å²) in [5.41, 5.74) is 2.68.